The maximum absolute atomic E-state index is 10.7. The molecule has 0 aliphatic rings. The zero-order valence-corrected chi connectivity index (χ0v) is 11.8. The van der Waals surface area contributed by atoms with E-state index in [0.29, 0.717) is 5.56 Å². The molecule has 4 nitrogen and oxygen atoms in total. The molecular weight excluding hydrogens is 286 g/mol. The second kappa shape index (κ2) is 5.46. The van der Waals surface area contributed by atoms with Crippen LogP contribution in [-0.4, -0.2) is 27.7 Å². The Morgan fingerprint density at radius 1 is 1.05 bits per heavy atom. The van der Waals surface area contributed by atoms with Gasteiger partial charge in [-0.05, 0) is 24.4 Å². The summed E-state index contributed by atoms with van der Waals surface area (Å²) < 4.78 is 5.21. The van der Waals surface area contributed by atoms with Gasteiger partial charge in [0, 0.05) is 16.3 Å². The van der Waals surface area contributed by atoms with Gasteiger partial charge in [0.1, 0.15) is 0 Å². The van der Waals surface area contributed by atoms with Crippen LogP contribution >= 0.6 is 12.2 Å². The van der Waals surface area contributed by atoms with Crippen molar-refractivity contribution in [2.24, 2.45) is 0 Å². The number of pyridine rings is 1. The third-order valence-electron chi connectivity index (χ3n) is 3.12. The molecule has 3 aromatic rings. The van der Waals surface area contributed by atoms with Gasteiger partial charge in [0.25, 0.3) is 0 Å². The SMILES string of the molecule is O=C(O)COC(=S)c1c2ccccc2nc2ccccc12. The second-order valence-corrected chi connectivity index (χ2v) is 4.86. The summed E-state index contributed by atoms with van der Waals surface area (Å²) in [5.74, 6) is -1.06. The number of hydrogen-bond donors (Lipinski definition) is 1. The zero-order chi connectivity index (χ0) is 14.8. The van der Waals surface area contributed by atoms with Crippen LogP contribution < -0.4 is 0 Å². The molecule has 0 spiro atoms. The average Bonchev–Trinajstić information content (AvgIpc) is 2.50. The van der Waals surface area contributed by atoms with Gasteiger partial charge in [-0.2, -0.15) is 0 Å². The first-order valence-corrected chi connectivity index (χ1v) is 6.74. The lowest BCUT2D eigenvalue weighted by Gasteiger charge is -2.11. The molecule has 21 heavy (non-hydrogen) atoms. The van der Waals surface area contributed by atoms with Gasteiger partial charge in [-0.25, -0.2) is 9.78 Å². The van der Waals surface area contributed by atoms with E-state index in [1.54, 1.807) is 0 Å². The largest absolute Gasteiger partial charge is 0.479 e. The third-order valence-corrected chi connectivity index (χ3v) is 3.44. The molecule has 0 aliphatic carbocycles. The average molecular weight is 297 g/mol. The number of nitrogens with zero attached hydrogens (tertiary/aromatic N) is 1. The lowest BCUT2D eigenvalue weighted by Crippen LogP contribution is -2.13. The molecule has 5 heteroatoms. The van der Waals surface area contributed by atoms with Gasteiger partial charge in [-0.15, -0.1) is 0 Å². The van der Waals surface area contributed by atoms with Crippen molar-refractivity contribution < 1.29 is 14.6 Å². The van der Waals surface area contributed by atoms with E-state index < -0.39 is 12.6 Å². The number of carboxylic acids is 1. The number of aliphatic carboxylic acids is 1. The molecule has 0 aliphatic heterocycles. The summed E-state index contributed by atoms with van der Waals surface area (Å²) in [6, 6.07) is 15.2. The Labute approximate surface area is 126 Å². The Hall–Kier alpha value is -2.53. The molecule has 2 aromatic carbocycles. The molecule has 1 N–H and O–H groups in total. The minimum Gasteiger partial charge on any atom is -0.479 e. The first kappa shape index (κ1) is 13.5. The lowest BCUT2D eigenvalue weighted by molar-refractivity contribution is -0.139. The van der Waals surface area contributed by atoms with Crippen LogP contribution in [0.15, 0.2) is 48.5 Å². The van der Waals surface area contributed by atoms with Crippen LogP contribution in [0.25, 0.3) is 21.8 Å². The minimum absolute atomic E-state index is 0.173. The summed E-state index contributed by atoms with van der Waals surface area (Å²) in [6.45, 7) is -0.455. The van der Waals surface area contributed by atoms with Crippen LogP contribution in [0.4, 0.5) is 0 Å². The normalized spacial score (nSPS) is 10.7. The second-order valence-electron chi connectivity index (χ2n) is 4.49. The van der Waals surface area contributed by atoms with Gasteiger partial charge in [-0.3, -0.25) is 0 Å². The maximum Gasteiger partial charge on any atom is 0.341 e. The summed E-state index contributed by atoms with van der Waals surface area (Å²) in [6.07, 6.45) is 0. The lowest BCUT2D eigenvalue weighted by atomic mass is 10.0. The van der Waals surface area contributed by atoms with E-state index in [2.05, 4.69) is 4.98 Å². The molecule has 1 heterocycles. The van der Waals surface area contributed by atoms with Crippen LogP contribution in [0, 0.1) is 0 Å². The number of aromatic nitrogens is 1. The van der Waals surface area contributed by atoms with Gasteiger partial charge >= 0.3 is 5.97 Å². The van der Waals surface area contributed by atoms with E-state index in [-0.39, 0.29) is 5.05 Å². The van der Waals surface area contributed by atoms with E-state index in [1.165, 1.54) is 0 Å². The molecule has 0 radical (unpaired) electrons. The van der Waals surface area contributed by atoms with Crippen LogP contribution in [0.5, 0.6) is 0 Å². The highest BCUT2D eigenvalue weighted by atomic mass is 32.1. The number of benzene rings is 2. The van der Waals surface area contributed by atoms with E-state index in [1.807, 2.05) is 48.5 Å². The minimum atomic E-state index is -1.06. The number of fused-ring (bicyclic) bond motifs is 2. The maximum atomic E-state index is 10.7. The van der Waals surface area contributed by atoms with Gasteiger partial charge < -0.3 is 9.84 Å². The summed E-state index contributed by atoms with van der Waals surface area (Å²) in [4.78, 5) is 15.2. The number of para-hydroxylation sites is 2. The molecule has 0 bridgehead atoms. The van der Waals surface area contributed by atoms with Gasteiger partial charge in [-0.1, -0.05) is 36.4 Å². The molecule has 0 saturated carbocycles. The van der Waals surface area contributed by atoms with Crippen molar-refractivity contribution in [1.82, 2.24) is 4.98 Å². The predicted octanol–water partition coefficient (Wildman–Crippen LogP) is 3.16. The smallest absolute Gasteiger partial charge is 0.341 e. The third kappa shape index (κ3) is 2.55. The molecule has 3 rings (SSSR count). The summed E-state index contributed by atoms with van der Waals surface area (Å²) in [5, 5.41) is 10.6. The predicted molar refractivity (Wildman–Crippen MR) is 84.5 cm³/mol. The number of rotatable bonds is 3. The molecule has 0 saturated heterocycles. The van der Waals surface area contributed by atoms with Crippen molar-refractivity contribution >= 4 is 45.0 Å². The number of carbonyl (C=O) groups is 1. The van der Waals surface area contributed by atoms with E-state index in [9.17, 15) is 4.79 Å². The van der Waals surface area contributed by atoms with Gasteiger partial charge in [0.05, 0.1) is 11.0 Å². The zero-order valence-electron chi connectivity index (χ0n) is 10.9. The van der Waals surface area contributed by atoms with E-state index in [0.717, 1.165) is 21.8 Å². The topological polar surface area (TPSA) is 59.4 Å². The number of carboxylic acid groups (broad SMARTS) is 1. The Bertz CT molecular complexity index is 806. The number of hydrogen-bond acceptors (Lipinski definition) is 4. The van der Waals surface area contributed by atoms with Crippen LogP contribution in [0.2, 0.25) is 0 Å². The van der Waals surface area contributed by atoms with E-state index >= 15 is 0 Å². The molecule has 0 amide bonds. The monoisotopic (exact) mass is 297 g/mol. The highest BCUT2D eigenvalue weighted by Crippen LogP contribution is 2.26. The fourth-order valence-electron chi connectivity index (χ4n) is 2.26. The van der Waals surface area contributed by atoms with E-state index in [4.69, 9.17) is 22.1 Å². The Kier molecular flexibility index (Phi) is 3.50. The fraction of sp³-hybridized carbons (Fsp3) is 0.0625. The number of ether oxygens (including phenoxy) is 1. The van der Waals surface area contributed by atoms with Crippen molar-refractivity contribution in [3.63, 3.8) is 0 Å². The van der Waals surface area contributed by atoms with Crippen molar-refractivity contribution in [2.45, 2.75) is 0 Å². The van der Waals surface area contributed by atoms with Crippen LogP contribution in [0.1, 0.15) is 5.56 Å². The van der Waals surface area contributed by atoms with Crippen molar-refractivity contribution in [3.05, 3.63) is 54.1 Å². The summed E-state index contributed by atoms with van der Waals surface area (Å²) >= 11 is 5.28. The van der Waals surface area contributed by atoms with Crippen molar-refractivity contribution in [1.29, 1.82) is 0 Å². The first-order chi connectivity index (χ1) is 10.2. The summed E-state index contributed by atoms with van der Waals surface area (Å²) in [5.41, 5.74) is 2.31. The fourth-order valence-corrected chi connectivity index (χ4v) is 2.54. The van der Waals surface area contributed by atoms with Crippen molar-refractivity contribution in [3.8, 4) is 0 Å². The molecule has 104 valence electrons. The molecule has 0 atom stereocenters. The van der Waals surface area contributed by atoms with Gasteiger partial charge in [0.15, 0.2) is 11.7 Å². The molecule has 1 aromatic heterocycles. The summed E-state index contributed by atoms with van der Waals surface area (Å²) in [7, 11) is 0. The quantitative estimate of drug-likeness (QED) is 0.594. The number of thiocarbonyl (C=S) groups is 1. The molecule has 0 unspecified atom stereocenters. The standard InChI is InChI=1S/C16H11NO3S/c18-14(19)9-20-16(21)15-10-5-1-3-7-12(10)17-13-8-4-2-6-11(13)15/h1-8H,9H2,(H,18,19). The Balaban J connectivity index is 2.25. The highest BCUT2D eigenvalue weighted by molar-refractivity contribution is 7.80. The Morgan fingerprint density at radius 2 is 1.57 bits per heavy atom. The Morgan fingerprint density at radius 3 is 2.10 bits per heavy atom. The molecular formula is C16H11NO3S. The van der Waals surface area contributed by atoms with Crippen LogP contribution in [0.3, 0.4) is 0 Å². The van der Waals surface area contributed by atoms with Crippen molar-refractivity contribution in [2.75, 3.05) is 6.61 Å². The first-order valence-electron chi connectivity index (χ1n) is 6.33. The van der Waals surface area contributed by atoms with Crippen LogP contribution in [-0.2, 0) is 9.53 Å². The highest BCUT2D eigenvalue weighted by Gasteiger charge is 2.14. The van der Waals surface area contributed by atoms with Gasteiger partial charge in [0.2, 0.25) is 0 Å². The molecule has 0 fully saturated rings.